The number of aliphatic hydroxyl groups excluding tert-OH is 1. The first-order chi connectivity index (χ1) is 7.95. The van der Waals surface area contributed by atoms with E-state index in [0.717, 1.165) is 5.56 Å². The molecule has 0 aliphatic carbocycles. The molecule has 0 amide bonds. The molecule has 0 bridgehead atoms. The van der Waals surface area contributed by atoms with Gasteiger partial charge in [-0.25, -0.2) is 0 Å². The number of hydrogen-bond donors (Lipinski definition) is 2. The summed E-state index contributed by atoms with van der Waals surface area (Å²) in [6.07, 6.45) is -0.864. The Morgan fingerprint density at radius 3 is 2.47 bits per heavy atom. The molecule has 3 heteroatoms. The van der Waals surface area contributed by atoms with Crippen molar-refractivity contribution >= 4 is 0 Å². The summed E-state index contributed by atoms with van der Waals surface area (Å²) in [7, 11) is 0. The highest BCUT2D eigenvalue weighted by molar-refractivity contribution is 5.32. The summed E-state index contributed by atoms with van der Waals surface area (Å²) in [6.45, 7) is 8.10. The molecule has 0 saturated carbocycles. The number of aliphatic hydroxyl groups is 1. The van der Waals surface area contributed by atoms with Crippen LogP contribution in [-0.2, 0) is 4.74 Å². The molecule has 0 fully saturated rings. The molecule has 1 aromatic rings. The summed E-state index contributed by atoms with van der Waals surface area (Å²) >= 11 is 0. The van der Waals surface area contributed by atoms with Crippen molar-refractivity contribution in [1.82, 2.24) is 0 Å². The van der Waals surface area contributed by atoms with Gasteiger partial charge in [-0.15, -0.1) is 0 Å². The number of hydrogen-bond acceptors (Lipinski definition) is 3. The van der Waals surface area contributed by atoms with E-state index in [1.807, 2.05) is 13.8 Å². The predicted octanol–water partition coefficient (Wildman–Crippen LogP) is 2.09. The van der Waals surface area contributed by atoms with Crippen molar-refractivity contribution in [2.24, 2.45) is 5.73 Å². The zero-order chi connectivity index (χ0) is 13.0. The summed E-state index contributed by atoms with van der Waals surface area (Å²) in [5.41, 5.74) is 9.24. The van der Waals surface area contributed by atoms with Crippen LogP contribution in [0.1, 0.15) is 36.6 Å². The van der Waals surface area contributed by atoms with Gasteiger partial charge in [-0.1, -0.05) is 23.8 Å². The molecular weight excluding hydrogens is 214 g/mol. The van der Waals surface area contributed by atoms with Gasteiger partial charge in [0.05, 0.1) is 18.3 Å². The first-order valence-corrected chi connectivity index (χ1v) is 6.06. The number of nitrogens with two attached hydrogens (primary N) is 1. The molecule has 0 aliphatic rings. The number of aryl methyl sites for hydroxylation is 2. The quantitative estimate of drug-likeness (QED) is 0.824. The molecule has 0 heterocycles. The van der Waals surface area contributed by atoms with Crippen LogP contribution >= 0.6 is 0 Å². The fraction of sp³-hybridized carbons (Fsp3) is 0.571. The second-order valence-corrected chi connectivity index (χ2v) is 4.67. The van der Waals surface area contributed by atoms with Crippen LogP contribution < -0.4 is 5.73 Å². The van der Waals surface area contributed by atoms with Crippen molar-refractivity contribution in [2.75, 3.05) is 6.54 Å². The summed E-state index contributed by atoms with van der Waals surface area (Å²) in [6, 6.07) is 6.25. The lowest BCUT2D eigenvalue weighted by Gasteiger charge is -2.25. The maximum Gasteiger partial charge on any atom is 0.0954 e. The van der Waals surface area contributed by atoms with Crippen molar-refractivity contribution < 1.29 is 9.84 Å². The highest BCUT2D eigenvalue weighted by atomic mass is 16.5. The molecule has 1 aromatic carbocycles. The van der Waals surface area contributed by atoms with E-state index in [4.69, 9.17) is 10.5 Å². The van der Waals surface area contributed by atoms with Crippen LogP contribution in [0.15, 0.2) is 18.2 Å². The van der Waals surface area contributed by atoms with Gasteiger partial charge in [0.1, 0.15) is 0 Å². The van der Waals surface area contributed by atoms with Crippen molar-refractivity contribution in [3.63, 3.8) is 0 Å². The molecule has 1 rings (SSSR count). The van der Waals surface area contributed by atoms with Gasteiger partial charge in [0.15, 0.2) is 0 Å². The Hall–Kier alpha value is -0.900. The van der Waals surface area contributed by atoms with E-state index < -0.39 is 6.10 Å². The minimum absolute atomic E-state index is 0.153. The lowest BCUT2D eigenvalue weighted by Crippen LogP contribution is -2.28. The van der Waals surface area contributed by atoms with E-state index in [-0.39, 0.29) is 12.2 Å². The Morgan fingerprint density at radius 1 is 1.29 bits per heavy atom. The first-order valence-electron chi connectivity index (χ1n) is 6.06. The second kappa shape index (κ2) is 6.15. The third kappa shape index (κ3) is 3.80. The third-order valence-corrected chi connectivity index (χ3v) is 3.05. The first kappa shape index (κ1) is 14.2. The summed E-state index contributed by atoms with van der Waals surface area (Å²) in [5.74, 6) is 0. The Balaban J connectivity index is 2.89. The monoisotopic (exact) mass is 237 g/mol. The average molecular weight is 237 g/mol. The summed E-state index contributed by atoms with van der Waals surface area (Å²) < 4.78 is 5.81. The van der Waals surface area contributed by atoms with Gasteiger partial charge >= 0.3 is 0 Å². The normalized spacial score (nSPS) is 16.6. The van der Waals surface area contributed by atoms with Crippen molar-refractivity contribution in [3.8, 4) is 0 Å². The highest BCUT2D eigenvalue weighted by Gasteiger charge is 2.18. The van der Waals surface area contributed by atoms with Gasteiger partial charge in [0.25, 0.3) is 0 Å². The Morgan fingerprint density at radius 2 is 1.94 bits per heavy atom. The van der Waals surface area contributed by atoms with E-state index in [2.05, 4.69) is 25.1 Å². The van der Waals surface area contributed by atoms with Crippen LogP contribution in [0.4, 0.5) is 0 Å². The number of rotatable bonds is 5. The summed E-state index contributed by atoms with van der Waals surface area (Å²) in [4.78, 5) is 0. The average Bonchev–Trinajstić information content (AvgIpc) is 2.29. The van der Waals surface area contributed by atoms with Gasteiger partial charge in [0, 0.05) is 6.54 Å². The molecule has 0 saturated heterocycles. The predicted molar refractivity (Wildman–Crippen MR) is 69.9 cm³/mol. The van der Waals surface area contributed by atoms with E-state index in [9.17, 15) is 5.11 Å². The maximum absolute atomic E-state index is 9.47. The van der Waals surface area contributed by atoms with Crippen LogP contribution in [-0.4, -0.2) is 23.9 Å². The summed E-state index contributed by atoms with van der Waals surface area (Å²) in [5, 5.41) is 9.47. The molecule has 0 radical (unpaired) electrons. The minimum atomic E-state index is -0.492. The highest BCUT2D eigenvalue weighted by Crippen LogP contribution is 2.23. The molecule has 17 heavy (non-hydrogen) atoms. The van der Waals surface area contributed by atoms with E-state index >= 15 is 0 Å². The molecular formula is C14H23NO2. The van der Waals surface area contributed by atoms with Crippen LogP contribution in [0.25, 0.3) is 0 Å². The van der Waals surface area contributed by atoms with Crippen LogP contribution in [0, 0.1) is 13.8 Å². The third-order valence-electron chi connectivity index (χ3n) is 3.05. The smallest absolute Gasteiger partial charge is 0.0954 e. The van der Waals surface area contributed by atoms with E-state index in [1.165, 1.54) is 11.1 Å². The SMILES string of the molecule is Cc1ccc(C)c(C(CN)OC(C)C(C)O)c1. The Bertz CT molecular complexity index is 363. The molecule has 3 nitrogen and oxygen atoms in total. The van der Waals surface area contributed by atoms with Gasteiger partial charge < -0.3 is 15.6 Å². The topological polar surface area (TPSA) is 55.5 Å². The Kier molecular flexibility index (Phi) is 5.12. The number of ether oxygens (including phenoxy) is 1. The fourth-order valence-electron chi connectivity index (χ4n) is 1.74. The molecule has 96 valence electrons. The molecule has 3 atom stereocenters. The molecule has 0 aliphatic heterocycles. The van der Waals surface area contributed by atoms with E-state index in [1.54, 1.807) is 6.92 Å². The zero-order valence-corrected chi connectivity index (χ0v) is 11.1. The van der Waals surface area contributed by atoms with Crippen molar-refractivity contribution in [3.05, 3.63) is 34.9 Å². The molecule has 3 N–H and O–H groups in total. The molecule has 3 unspecified atom stereocenters. The maximum atomic E-state index is 9.47. The second-order valence-electron chi connectivity index (χ2n) is 4.67. The fourth-order valence-corrected chi connectivity index (χ4v) is 1.74. The lowest BCUT2D eigenvalue weighted by atomic mass is 10.0. The standard InChI is InChI=1S/C14H23NO2/c1-9-5-6-10(2)13(7-9)14(8-15)17-12(4)11(3)16/h5-7,11-12,14,16H,8,15H2,1-4H3. The zero-order valence-electron chi connectivity index (χ0n) is 11.1. The molecule has 0 spiro atoms. The van der Waals surface area contributed by atoms with Crippen LogP contribution in [0.2, 0.25) is 0 Å². The van der Waals surface area contributed by atoms with Crippen LogP contribution in [0.3, 0.4) is 0 Å². The van der Waals surface area contributed by atoms with E-state index in [0.29, 0.717) is 6.54 Å². The largest absolute Gasteiger partial charge is 0.391 e. The Labute approximate surface area is 104 Å². The van der Waals surface area contributed by atoms with Crippen molar-refractivity contribution in [2.45, 2.75) is 46.0 Å². The molecule has 0 aromatic heterocycles. The number of benzene rings is 1. The van der Waals surface area contributed by atoms with Gasteiger partial charge in [-0.2, -0.15) is 0 Å². The van der Waals surface area contributed by atoms with Gasteiger partial charge in [-0.05, 0) is 38.8 Å². The van der Waals surface area contributed by atoms with Crippen LogP contribution in [0.5, 0.6) is 0 Å². The van der Waals surface area contributed by atoms with Crippen molar-refractivity contribution in [1.29, 1.82) is 0 Å². The van der Waals surface area contributed by atoms with Gasteiger partial charge in [-0.3, -0.25) is 0 Å². The minimum Gasteiger partial charge on any atom is -0.391 e. The lowest BCUT2D eigenvalue weighted by molar-refractivity contribution is -0.0593. The van der Waals surface area contributed by atoms with Gasteiger partial charge in [0.2, 0.25) is 0 Å².